The molecule has 4 heteroatoms. The highest BCUT2D eigenvalue weighted by Gasteiger charge is 2.10. The highest BCUT2D eigenvalue weighted by Crippen LogP contribution is 2.22. The second-order valence-corrected chi connectivity index (χ2v) is 4.42. The highest BCUT2D eigenvalue weighted by molar-refractivity contribution is 5.30. The highest BCUT2D eigenvalue weighted by atomic mass is 19.1. The summed E-state index contributed by atoms with van der Waals surface area (Å²) in [6.07, 6.45) is 0. The van der Waals surface area contributed by atoms with Gasteiger partial charge in [0.15, 0.2) is 17.4 Å². The van der Waals surface area contributed by atoms with Crippen molar-refractivity contribution < 1.29 is 13.9 Å². The van der Waals surface area contributed by atoms with Crippen LogP contribution in [0.4, 0.5) is 8.78 Å². The predicted octanol–water partition coefficient (Wildman–Crippen LogP) is 3.52. The lowest BCUT2D eigenvalue weighted by atomic mass is 10.1. The number of benzene rings is 2. The van der Waals surface area contributed by atoms with Gasteiger partial charge in [-0.25, -0.2) is 8.78 Å². The van der Waals surface area contributed by atoms with E-state index in [4.69, 9.17) is 5.11 Å². The number of nitrogens with one attached hydrogen (secondary N) is 1. The van der Waals surface area contributed by atoms with Crippen molar-refractivity contribution >= 4 is 0 Å². The molecule has 1 atom stereocenters. The van der Waals surface area contributed by atoms with Gasteiger partial charge >= 0.3 is 0 Å². The molecule has 2 rings (SSSR count). The second-order valence-electron chi connectivity index (χ2n) is 4.42. The molecule has 2 aromatic carbocycles. The Balaban J connectivity index is 2.03. The van der Waals surface area contributed by atoms with Gasteiger partial charge in [-0.05, 0) is 30.2 Å². The van der Waals surface area contributed by atoms with Crippen molar-refractivity contribution in [2.45, 2.75) is 19.5 Å². The predicted molar refractivity (Wildman–Crippen MR) is 69.7 cm³/mol. The Labute approximate surface area is 110 Å². The lowest BCUT2D eigenvalue weighted by molar-refractivity contribution is 0.394. The number of aromatic hydroxyl groups is 1. The Hall–Kier alpha value is -1.94. The fourth-order valence-corrected chi connectivity index (χ4v) is 1.85. The first-order valence-corrected chi connectivity index (χ1v) is 6.03. The molecule has 0 aliphatic rings. The van der Waals surface area contributed by atoms with E-state index in [1.54, 1.807) is 0 Å². The number of halogens is 2. The zero-order chi connectivity index (χ0) is 13.8. The Morgan fingerprint density at radius 2 is 1.68 bits per heavy atom. The molecule has 2 aromatic rings. The van der Waals surface area contributed by atoms with Crippen molar-refractivity contribution in [1.82, 2.24) is 5.32 Å². The van der Waals surface area contributed by atoms with E-state index in [1.165, 1.54) is 0 Å². The first-order valence-electron chi connectivity index (χ1n) is 6.03. The van der Waals surface area contributed by atoms with E-state index in [0.29, 0.717) is 12.1 Å². The Bertz CT molecular complexity index is 534. The van der Waals surface area contributed by atoms with Crippen LogP contribution in [0.25, 0.3) is 0 Å². The van der Waals surface area contributed by atoms with Crippen molar-refractivity contribution in [3.63, 3.8) is 0 Å². The van der Waals surface area contributed by atoms with Gasteiger partial charge < -0.3 is 10.4 Å². The summed E-state index contributed by atoms with van der Waals surface area (Å²) in [5.41, 5.74) is 1.55. The maximum atomic E-state index is 13.2. The molecular weight excluding hydrogens is 248 g/mol. The van der Waals surface area contributed by atoms with Gasteiger partial charge in [-0.1, -0.05) is 30.3 Å². The lowest BCUT2D eigenvalue weighted by Crippen LogP contribution is -2.18. The summed E-state index contributed by atoms with van der Waals surface area (Å²) in [5, 5.41) is 12.2. The van der Waals surface area contributed by atoms with E-state index < -0.39 is 17.4 Å². The van der Waals surface area contributed by atoms with Crippen molar-refractivity contribution in [2.75, 3.05) is 0 Å². The average Bonchev–Trinajstić information content (AvgIpc) is 2.43. The average molecular weight is 263 g/mol. The van der Waals surface area contributed by atoms with Crippen LogP contribution in [0.1, 0.15) is 24.1 Å². The smallest absolute Gasteiger partial charge is 0.187 e. The molecule has 2 nitrogen and oxygen atoms in total. The molecule has 0 unspecified atom stereocenters. The third-order valence-electron chi connectivity index (χ3n) is 2.99. The van der Waals surface area contributed by atoms with E-state index >= 15 is 0 Å². The van der Waals surface area contributed by atoms with Crippen LogP contribution in [0.2, 0.25) is 0 Å². The molecule has 0 saturated heterocycles. The summed E-state index contributed by atoms with van der Waals surface area (Å²) in [4.78, 5) is 0. The number of hydrogen-bond donors (Lipinski definition) is 2. The van der Waals surface area contributed by atoms with Crippen LogP contribution in [-0.2, 0) is 6.54 Å². The van der Waals surface area contributed by atoms with Crippen LogP contribution in [-0.4, -0.2) is 5.11 Å². The van der Waals surface area contributed by atoms with Gasteiger partial charge in [-0.3, -0.25) is 0 Å². The molecule has 0 fully saturated rings. The Morgan fingerprint density at radius 3 is 2.26 bits per heavy atom. The monoisotopic (exact) mass is 263 g/mol. The molecule has 0 bridgehead atoms. The first kappa shape index (κ1) is 13.5. The third kappa shape index (κ3) is 3.29. The van der Waals surface area contributed by atoms with Crippen LogP contribution >= 0.6 is 0 Å². The first-order chi connectivity index (χ1) is 9.08. The molecule has 2 N–H and O–H groups in total. The lowest BCUT2D eigenvalue weighted by Gasteiger charge is -2.14. The van der Waals surface area contributed by atoms with E-state index in [9.17, 15) is 8.78 Å². The molecule has 0 aliphatic carbocycles. The van der Waals surface area contributed by atoms with E-state index in [0.717, 1.165) is 17.7 Å². The molecule has 0 heterocycles. The van der Waals surface area contributed by atoms with Crippen LogP contribution in [0, 0.1) is 11.6 Å². The molecule has 0 radical (unpaired) electrons. The maximum Gasteiger partial charge on any atom is 0.187 e. The summed E-state index contributed by atoms with van der Waals surface area (Å²) in [7, 11) is 0. The minimum Gasteiger partial charge on any atom is -0.503 e. The molecule has 0 aromatic heterocycles. The molecule has 0 saturated carbocycles. The zero-order valence-corrected chi connectivity index (χ0v) is 10.5. The molecule has 100 valence electrons. The summed E-state index contributed by atoms with van der Waals surface area (Å²) in [6.45, 7) is 2.30. The largest absolute Gasteiger partial charge is 0.503 e. The summed E-state index contributed by atoms with van der Waals surface area (Å²) < 4.78 is 26.3. The molecule has 0 spiro atoms. The number of hydrogen-bond acceptors (Lipinski definition) is 2. The van der Waals surface area contributed by atoms with E-state index in [2.05, 4.69) is 5.32 Å². The van der Waals surface area contributed by atoms with Gasteiger partial charge in [-0.15, -0.1) is 0 Å². The minimum atomic E-state index is -0.941. The van der Waals surface area contributed by atoms with Crippen LogP contribution in [0.3, 0.4) is 0 Å². The van der Waals surface area contributed by atoms with Crippen molar-refractivity contribution in [2.24, 2.45) is 0 Å². The molecule has 0 aliphatic heterocycles. The SMILES string of the molecule is C[C@@H](NCc1cc(F)c(O)c(F)c1)c1ccccc1. The zero-order valence-electron chi connectivity index (χ0n) is 10.5. The summed E-state index contributed by atoms with van der Waals surface area (Å²) >= 11 is 0. The van der Waals surface area contributed by atoms with Gasteiger partial charge in [0.1, 0.15) is 0 Å². The normalized spacial score (nSPS) is 12.4. The van der Waals surface area contributed by atoms with Crippen molar-refractivity contribution in [1.29, 1.82) is 0 Å². The van der Waals surface area contributed by atoms with Crippen molar-refractivity contribution in [3.05, 3.63) is 65.2 Å². The quantitative estimate of drug-likeness (QED) is 0.884. The van der Waals surface area contributed by atoms with Crippen LogP contribution < -0.4 is 5.32 Å². The van der Waals surface area contributed by atoms with Gasteiger partial charge in [0.2, 0.25) is 0 Å². The standard InChI is InChI=1S/C15H15F2NO/c1-10(12-5-3-2-4-6-12)18-9-11-7-13(16)15(19)14(17)8-11/h2-8,10,18-19H,9H2,1H3/t10-/m1/s1. The van der Waals surface area contributed by atoms with Gasteiger partial charge in [-0.2, -0.15) is 0 Å². The molecule has 0 amide bonds. The molecule has 19 heavy (non-hydrogen) atoms. The van der Waals surface area contributed by atoms with E-state index in [-0.39, 0.29) is 6.04 Å². The summed E-state index contributed by atoms with van der Waals surface area (Å²) in [5.74, 6) is -2.81. The number of phenols is 1. The van der Waals surface area contributed by atoms with Crippen molar-refractivity contribution in [3.8, 4) is 5.75 Å². The number of phenolic OH excluding ortho intramolecular Hbond substituents is 1. The Kier molecular flexibility index (Phi) is 4.12. The van der Waals surface area contributed by atoms with Crippen LogP contribution in [0.15, 0.2) is 42.5 Å². The maximum absolute atomic E-state index is 13.2. The fourth-order valence-electron chi connectivity index (χ4n) is 1.85. The minimum absolute atomic E-state index is 0.0705. The fraction of sp³-hybridized carbons (Fsp3) is 0.200. The topological polar surface area (TPSA) is 32.3 Å². The van der Waals surface area contributed by atoms with Gasteiger partial charge in [0.05, 0.1) is 0 Å². The molecular formula is C15H15F2NO. The Morgan fingerprint density at radius 1 is 1.11 bits per heavy atom. The van der Waals surface area contributed by atoms with Gasteiger partial charge in [0.25, 0.3) is 0 Å². The number of rotatable bonds is 4. The summed E-state index contributed by atoms with van der Waals surface area (Å²) in [6, 6.07) is 12.1. The van der Waals surface area contributed by atoms with E-state index in [1.807, 2.05) is 37.3 Å². The second kappa shape index (κ2) is 5.80. The van der Waals surface area contributed by atoms with Gasteiger partial charge in [0, 0.05) is 12.6 Å². The van der Waals surface area contributed by atoms with Crippen LogP contribution in [0.5, 0.6) is 5.75 Å². The third-order valence-corrected chi connectivity index (χ3v) is 2.99.